The zero-order valence-corrected chi connectivity index (χ0v) is 13.9. The summed E-state index contributed by atoms with van der Waals surface area (Å²) in [6, 6.07) is 7.79. The molecule has 1 aliphatic heterocycles. The van der Waals surface area contributed by atoms with Crippen LogP contribution in [0.1, 0.15) is 30.7 Å². The minimum atomic E-state index is -3.48. The molecule has 2 rings (SSSR count). The Kier molecular flexibility index (Phi) is 5.97. The number of para-hydroxylation sites is 1. The van der Waals surface area contributed by atoms with Crippen LogP contribution in [0, 0.1) is 0 Å². The molecule has 0 spiro atoms. The standard InChI is InChI=1S/C15H22N2O5S/c1-22-14-5-3-2-4-13(14)12-6-9-17(10-7-12)23(20,21)11-8-15(18)16-19/h2-5,12,19H,6-11H2,1H3,(H,16,18). The molecule has 0 aromatic heterocycles. The number of sulfonamides is 1. The zero-order chi connectivity index (χ0) is 16.9. The predicted molar refractivity (Wildman–Crippen MR) is 84.9 cm³/mol. The van der Waals surface area contributed by atoms with Gasteiger partial charge >= 0.3 is 0 Å². The van der Waals surface area contributed by atoms with E-state index in [1.165, 1.54) is 9.79 Å². The van der Waals surface area contributed by atoms with Gasteiger partial charge in [0.15, 0.2) is 0 Å². The molecule has 128 valence electrons. The number of hydroxylamine groups is 1. The van der Waals surface area contributed by atoms with Gasteiger partial charge in [-0.1, -0.05) is 18.2 Å². The summed E-state index contributed by atoms with van der Waals surface area (Å²) >= 11 is 0. The minimum absolute atomic E-state index is 0.245. The molecule has 1 aromatic rings. The third-order valence-electron chi connectivity index (χ3n) is 4.14. The third-order valence-corrected chi connectivity index (χ3v) is 6.01. The first-order valence-corrected chi connectivity index (χ1v) is 9.12. The fourth-order valence-electron chi connectivity index (χ4n) is 2.86. The number of methoxy groups -OCH3 is 1. The Bertz CT molecular complexity index is 639. The van der Waals surface area contributed by atoms with E-state index in [1.807, 2.05) is 24.3 Å². The number of nitrogens with one attached hydrogen (secondary N) is 1. The van der Waals surface area contributed by atoms with Crippen LogP contribution >= 0.6 is 0 Å². The Hall–Kier alpha value is -1.64. The third kappa shape index (κ3) is 4.43. The Morgan fingerprint density at radius 2 is 2.00 bits per heavy atom. The highest BCUT2D eigenvalue weighted by Crippen LogP contribution is 2.34. The second-order valence-electron chi connectivity index (χ2n) is 5.52. The van der Waals surface area contributed by atoms with Crippen molar-refractivity contribution in [1.82, 2.24) is 9.79 Å². The number of amides is 1. The molecule has 7 nitrogen and oxygen atoms in total. The largest absolute Gasteiger partial charge is 0.496 e. The number of nitrogens with zero attached hydrogens (tertiary/aromatic N) is 1. The first-order chi connectivity index (χ1) is 11.0. The number of piperidine rings is 1. The van der Waals surface area contributed by atoms with E-state index in [2.05, 4.69) is 0 Å². The molecule has 2 N–H and O–H groups in total. The number of carbonyl (C=O) groups is 1. The fraction of sp³-hybridized carbons (Fsp3) is 0.533. The minimum Gasteiger partial charge on any atom is -0.496 e. The molecule has 0 radical (unpaired) electrons. The predicted octanol–water partition coefficient (Wildman–Crippen LogP) is 1.10. The maximum Gasteiger partial charge on any atom is 0.244 e. The normalized spacial score (nSPS) is 17.0. The molecular weight excluding hydrogens is 320 g/mol. The van der Waals surface area contributed by atoms with Crippen LogP contribution in [0.2, 0.25) is 0 Å². The number of rotatable bonds is 6. The van der Waals surface area contributed by atoms with Crippen molar-refractivity contribution in [2.45, 2.75) is 25.2 Å². The molecule has 1 saturated heterocycles. The van der Waals surface area contributed by atoms with Crippen LogP contribution in [-0.2, 0) is 14.8 Å². The van der Waals surface area contributed by atoms with Gasteiger partial charge in [0.25, 0.3) is 0 Å². The van der Waals surface area contributed by atoms with Crippen molar-refractivity contribution in [1.29, 1.82) is 0 Å². The van der Waals surface area contributed by atoms with E-state index in [1.54, 1.807) is 7.11 Å². The second-order valence-corrected chi connectivity index (χ2v) is 7.60. The van der Waals surface area contributed by atoms with E-state index in [0.717, 1.165) is 11.3 Å². The summed E-state index contributed by atoms with van der Waals surface area (Å²) in [7, 11) is -1.85. The van der Waals surface area contributed by atoms with Gasteiger partial charge in [0.2, 0.25) is 15.9 Å². The average Bonchev–Trinajstić information content (AvgIpc) is 2.59. The lowest BCUT2D eigenvalue weighted by molar-refractivity contribution is -0.128. The van der Waals surface area contributed by atoms with Crippen molar-refractivity contribution in [3.63, 3.8) is 0 Å². The van der Waals surface area contributed by atoms with Crippen LogP contribution in [0.5, 0.6) is 5.75 Å². The summed E-state index contributed by atoms with van der Waals surface area (Å²) in [6.07, 6.45) is 1.18. The second kappa shape index (κ2) is 7.76. The first kappa shape index (κ1) is 17.7. The van der Waals surface area contributed by atoms with Crippen LogP contribution < -0.4 is 10.2 Å². The number of hydrogen-bond acceptors (Lipinski definition) is 5. The van der Waals surface area contributed by atoms with Gasteiger partial charge in [-0.25, -0.2) is 18.2 Å². The summed E-state index contributed by atoms with van der Waals surface area (Å²) in [5, 5.41) is 8.43. The van der Waals surface area contributed by atoms with Gasteiger partial charge in [0.1, 0.15) is 5.75 Å². The van der Waals surface area contributed by atoms with Crippen molar-refractivity contribution < 1.29 is 23.2 Å². The van der Waals surface area contributed by atoms with Gasteiger partial charge in [0, 0.05) is 19.5 Å². The lowest BCUT2D eigenvalue weighted by Gasteiger charge is -2.32. The van der Waals surface area contributed by atoms with Crippen LogP contribution in [0.25, 0.3) is 0 Å². The van der Waals surface area contributed by atoms with Crippen LogP contribution in [-0.4, -0.2) is 49.8 Å². The van der Waals surface area contributed by atoms with Crippen LogP contribution in [0.15, 0.2) is 24.3 Å². The Balaban J connectivity index is 1.96. The van der Waals surface area contributed by atoms with Crippen molar-refractivity contribution in [3.8, 4) is 5.75 Å². The van der Waals surface area contributed by atoms with Gasteiger partial charge in [-0.2, -0.15) is 0 Å². The lowest BCUT2D eigenvalue weighted by atomic mass is 9.89. The van der Waals surface area contributed by atoms with Crippen LogP contribution in [0.4, 0.5) is 0 Å². The molecule has 8 heteroatoms. The van der Waals surface area contributed by atoms with Gasteiger partial charge < -0.3 is 4.74 Å². The molecule has 1 aromatic carbocycles. The van der Waals surface area contributed by atoms with E-state index in [0.29, 0.717) is 25.9 Å². The lowest BCUT2D eigenvalue weighted by Crippen LogP contribution is -2.40. The highest BCUT2D eigenvalue weighted by molar-refractivity contribution is 7.89. The van der Waals surface area contributed by atoms with Gasteiger partial charge in [-0.05, 0) is 30.4 Å². The fourth-order valence-corrected chi connectivity index (χ4v) is 4.32. The summed E-state index contributed by atoms with van der Waals surface area (Å²) in [5.74, 6) is 0.0999. The van der Waals surface area contributed by atoms with Crippen molar-refractivity contribution >= 4 is 15.9 Å². The topological polar surface area (TPSA) is 95.9 Å². The number of ether oxygens (including phenoxy) is 1. The number of benzene rings is 1. The van der Waals surface area contributed by atoms with E-state index >= 15 is 0 Å². The molecule has 23 heavy (non-hydrogen) atoms. The highest BCUT2D eigenvalue weighted by atomic mass is 32.2. The Labute approximate surface area is 136 Å². The van der Waals surface area contributed by atoms with Crippen LogP contribution in [0.3, 0.4) is 0 Å². The van der Waals surface area contributed by atoms with Gasteiger partial charge in [0.05, 0.1) is 12.9 Å². The molecule has 0 saturated carbocycles. The van der Waals surface area contributed by atoms with Crippen molar-refractivity contribution in [2.75, 3.05) is 26.0 Å². The van der Waals surface area contributed by atoms with E-state index in [-0.39, 0.29) is 18.1 Å². The molecule has 0 unspecified atom stereocenters. The molecule has 0 aliphatic carbocycles. The van der Waals surface area contributed by atoms with Crippen molar-refractivity contribution in [2.24, 2.45) is 0 Å². The molecule has 1 aliphatic rings. The summed E-state index contributed by atoms with van der Waals surface area (Å²) < 4.78 is 31.2. The molecule has 0 atom stereocenters. The Morgan fingerprint density at radius 1 is 1.35 bits per heavy atom. The Morgan fingerprint density at radius 3 is 2.61 bits per heavy atom. The average molecular weight is 342 g/mol. The number of hydrogen-bond donors (Lipinski definition) is 2. The van der Waals surface area contributed by atoms with Gasteiger partial charge in [-0.15, -0.1) is 0 Å². The maximum absolute atomic E-state index is 12.2. The molecule has 1 heterocycles. The summed E-state index contributed by atoms with van der Waals surface area (Å²) in [4.78, 5) is 11.0. The van der Waals surface area contributed by atoms with E-state index in [9.17, 15) is 13.2 Å². The highest BCUT2D eigenvalue weighted by Gasteiger charge is 2.29. The monoisotopic (exact) mass is 342 g/mol. The first-order valence-electron chi connectivity index (χ1n) is 7.51. The van der Waals surface area contributed by atoms with Crippen molar-refractivity contribution in [3.05, 3.63) is 29.8 Å². The van der Waals surface area contributed by atoms with E-state index < -0.39 is 15.9 Å². The molecule has 1 amide bonds. The smallest absolute Gasteiger partial charge is 0.244 e. The summed E-state index contributed by atoms with van der Waals surface area (Å²) in [6.45, 7) is 0.845. The quantitative estimate of drug-likeness (QED) is 0.596. The maximum atomic E-state index is 12.2. The summed E-state index contributed by atoms with van der Waals surface area (Å²) in [5.41, 5.74) is 2.55. The molecule has 0 bridgehead atoms. The zero-order valence-electron chi connectivity index (χ0n) is 13.1. The molecule has 1 fully saturated rings. The SMILES string of the molecule is COc1ccccc1C1CCN(S(=O)(=O)CCC(=O)NO)CC1. The van der Waals surface area contributed by atoms with Gasteiger partial charge in [-0.3, -0.25) is 10.0 Å². The number of carbonyl (C=O) groups excluding carboxylic acids is 1. The van der Waals surface area contributed by atoms with E-state index in [4.69, 9.17) is 9.94 Å². The molecular formula is C15H22N2O5S.